The Hall–Kier alpha value is -2.14. The molecule has 2 heterocycles. The van der Waals surface area contributed by atoms with Crippen LogP contribution in [-0.2, 0) is 0 Å². The lowest BCUT2D eigenvalue weighted by atomic mass is 10.1. The number of aliphatic hydroxyl groups is 1. The van der Waals surface area contributed by atoms with Crippen molar-refractivity contribution in [2.24, 2.45) is 0 Å². The van der Waals surface area contributed by atoms with E-state index >= 15 is 0 Å². The fraction of sp³-hybridized carbons (Fsp3) is 0.412. The summed E-state index contributed by atoms with van der Waals surface area (Å²) < 4.78 is 0. The lowest BCUT2D eigenvalue weighted by Gasteiger charge is -2.31. The molecular weight excluding hydrogens is 276 g/mol. The van der Waals surface area contributed by atoms with Gasteiger partial charge in [-0.2, -0.15) is 4.98 Å². The zero-order valence-electron chi connectivity index (χ0n) is 13.1. The van der Waals surface area contributed by atoms with Crippen molar-refractivity contribution in [3.05, 3.63) is 42.1 Å². The van der Waals surface area contributed by atoms with Crippen LogP contribution in [0, 0.1) is 6.92 Å². The molecule has 1 aromatic carbocycles. The van der Waals surface area contributed by atoms with Crippen molar-refractivity contribution in [3.8, 4) is 0 Å². The Labute approximate surface area is 131 Å². The highest BCUT2D eigenvalue weighted by Crippen LogP contribution is 2.24. The van der Waals surface area contributed by atoms with Gasteiger partial charge < -0.3 is 14.9 Å². The molecule has 1 saturated heterocycles. The van der Waals surface area contributed by atoms with Gasteiger partial charge in [-0.3, -0.25) is 0 Å². The Morgan fingerprint density at radius 3 is 2.73 bits per heavy atom. The van der Waals surface area contributed by atoms with Gasteiger partial charge in [-0.25, -0.2) is 4.98 Å². The van der Waals surface area contributed by atoms with E-state index in [0.29, 0.717) is 12.5 Å². The molecule has 1 aliphatic heterocycles. The van der Waals surface area contributed by atoms with E-state index in [1.165, 1.54) is 0 Å². The number of benzene rings is 1. The topological polar surface area (TPSA) is 52.5 Å². The minimum atomic E-state index is -0.265. The van der Waals surface area contributed by atoms with Crippen LogP contribution in [0.4, 0.5) is 17.5 Å². The number of para-hydroxylation sites is 1. The number of hydrogen-bond donors (Lipinski definition) is 1. The molecule has 0 radical (unpaired) electrons. The molecule has 0 amide bonds. The number of anilines is 3. The number of β-amino-alcohol motifs (C(OH)–C–C–N with tert-alkyl or cyclic N) is 1. The SMILES string of the molecule is Cc1cc(N2CCCC(O)C2)nc(N(C)c2ccccc2)n1. The molecule has 3 rings (SSSR count). The molecule has 1 aliphatic rings. The van der Waals surface area contributed by atoms with E-state index in [9.17, 15) is 5.11 Å². The molecule has 116 valence electrons. The van der Waals surface area contributed by atoms with Gasteiger partial charge >= 0.3 is 0 Å². The Kier molecular flexibility index (Phi) is 4.24. The Bertz CT molecular complexity index is 632. The van der Waals surface area contributed by atoms with Gasteiger partial charge in [0.25, 0.3) is 0 Å². The molecule has 0 spiro atoms. The number of rotatable bonds is 3. The summed E-state index contributed by atoms with van der Waals surface area (Å²) in [4.78, 5) is 13.4. The second kappa shape index (κ2) is 6.32. The summed E-state index contributed by atoms with van der Waals surface area (Å²) in [7, 11) is 1.97. The predicted octanol–water partition coefficient (Wildman–Crippen LogP) is 2.51. The molecule has 0 aliphatic carbocycles. The maximum atomic E-state index is 9.87. The molecule has 5 heteroatoms. The van der Waals surface area contributed by atoms with E-state index in [1.807, 2.05) is 55.3 Å². The highest BCUT2D eigenvalue weighted by Gasteiger charge is 2.20. The van der Waals surface area contributed by atoms with E-state index in [4.69, 9.17) is 4.98 Å². The summed E-state index contributed by atoms with van der Waals surface area (Å²) >= 11 is 0. The quantitative estimate of drug-likeness (QED) is 0.943. The number of aromatic nitrogens is 2. The van der Waals surface area contributed by atoms with Gasteiger partial charge in [0.15, 0.2) is 0 Å². The summed E-state index contributed by atoms with van der Waals surface area (Å²) in [5, 5.41) is 9.87. The third-order valence-corrected chi connectivity index (χ3v) is 3.99. The highest BCUT2D eigenvalue weighted by molar-refractivity contribution is 5.58. The second-order valence-corrected chi connectivity index (χ2v) is 5.80. The van der Waals surface area contributed by atoms with Gasteiger partial charge in [0.05, 0.1) is 6.10 Å². The van der Waals surface area contributed by atoms with Crippen molar-refractivity contribution in [3.63, 3.8) is 0 Å². The molecule has 0 bridgehead atoms. The average Bonchev–Trinajstić information content (AvgIpc) is 2.54. The smallest absolute Gasteiger partial charge is 0.231 e. The maximum Gasteiger partial charge on any atom is 0.231 e. The Morgan fingerprint density at radius 1 is 1.23 bits per heavy atom. The van der Waals surface area contributed by atoms with Gasteiger partial charge in [-0.15, -0.1) is 0 Å². The van der Waals surface area contributed by atoms with Crippen molar-refractivity contribution >= 4 is 17.5 Å². The predicted molar refractivity (Wildman–Crippen MR) is 88.7 cm³/mol. The standard InChI is InChI=1S/C17H22N4O/c1-13-11-16(21-10-6-9-15(22)12-21)19-17(18-13)20(2)14-7-4-3-5-8-14/h3-5,7-8,11,15,22H,6,9-10,12H2,1-2H3. The first-order valence-electron chi connectivity index (χ1n) is 7.71. The fourth-order valence-electron chi connectivity index (χ4n) is 2.78. The van der Waals surface area contributed by atoms with E-state index in [-0.39, 0.29) is 6.10 Å². The fourth-order valence-corrected chi connectivity index (χ4v) is 2.78. The number of hydrogen-bond acceptors (Lipinski definition) is 5. The lowest BCUT2D eigenvalue weighted by Crippen LogP contribution is -2.39. The second-order valence-electron chi connectivity index (χ2n) is 5.80. The number of piperidine rings is 1. The lowest BCUT2D eigenvalue weighted by molar-refractivity contribution is 0.154. The molecule has 2 aromatic rings. The van der Waals surface area contributed by atoms with Crippen LogP contribution in [0.5, 0.6) is 0 Å². The third kappa shape index (κ3) is 3.20. The van der Waals surface area contributed by atoms with Crippen LogP contribution in [0.2, 0.25) is 0 Å². The Balaban J connectivity index is 1.89. The average molecular weight is 298 g/mol. The largest absolute Gasteiger partial charge is 0.391 e. The van der Waals surface area contributed by atoms with Crippen molar-refractivity contribution in [1.82, 2.24) is 9.97 Å². The van der Waals surface area contributed by atoms with Crippen LogP contribution in [0.15, 0.2) is 36.4 Å². The van der Waals surface area contributed by atoms with E-state index < -0.39 is 0 Å². The van der Waals surface area contributed by atoms with Crippen molar-refractivity contribution in [2.75, 3.05) is 29.9 Å². The van der Waals surface area contributed by atoms with Crippen molar-refractivity contribution in [1.29, 1.82) is 0 Å². The van der Waals surface area contributed by atoms with Crippen molar-refractivity contribution < 1.29 is 5.11 Å². The van der Waals surface area contributed by atoms with Crippen LogP contribution in [0.1, 0.15) is 18.5 Å². The van der Waals surface area contributed by atoms with Gasteiger partial charge in [-0.05, 0) is 31.9 Å². The first-order valence-corrected chi connectivity index (χ1v) is 7.71. The summed E-state index contributed by atoms with van der Waals surface area (Å²) in [6.45, 7) is 3.56. The summed E-state index contributed by atoms with van der Waals surface area (Å²) in [5.41, 5.74) is 1.99. The number of aliphatic hydroxyl groups excluding tert-OH is 1. The summed E-state index contributed by atoms with van der Waals surface area (Å²) in [6.07, 6.45) is 1.60. The van der Waals surface area contributed by atoms with Crippen LogP contribution >= 0.6 is 0 Å². The van der Waals surface area contributed by atoms with Crippen LogP contribution in [0.3, 0.4) is 0 Å². The van der Waals surface area contributed by atoms with Gasteiger partial charge in [0, 0.05) is 37.6 Å². The zero-order chi connectivity index (χ0) is 15.5. The summed E-state index contributed by atoms with van der Waals surface area (Å²) in [5.74, 6) is 1.57. The highest BCUT2D eigenvalue weighted by atomic mass is 16.3. The van der Waals surface area contributed by atoms with Gasteiger partial charge in [0.1, 0.15) is 5.82 Å². The number of nitrogens with zero attached hydrogens (tertiary/aromatic N) is 4. The zero-order valence-corrected chi connectivity index (χ0v) is 13.1. The molecule has 1 atom stereocenters. The van der Waals surface area contributed by atoms with Gasteiger partial charge in [-0.1, -0.05) is 18.2 Å². The molecule has 1 fully saturated rings. The van der Waals surface area contributed by atoms with Crippen LogP contribution in [0.25, 0.3) is 0 Å². The van der Waals surface area contributed by atoms with E-state index in [1.54, 1.807) is 0 Å². The first-order chi connectivity index (χ1) is 10.6. The maximum absolute atomic E-state index is 9.87. The molecule has 1 unspecified atom stereocenters. The normalized spacial score (nSPS) is 18.3. The minimum absolute atomic E-state index is 0.265. The monoisotopic (exact) mass is 298 g/mol. The third-order valence-electron chi connectivity index (χ3n) is 3.99. The van der Waals surface area contributed by atoms with E-state index in [2.05, 4.69) is 9.88 Å². The summed E-state index contributed by atoms with van der Waals surface area (Å²) in [6, 6.07) is 12.1. The molecule has 22 heavy (non-hydrogen) atoms. The molecule has 1 N–H and O–H groups in total. The number of aryl methyl sites for hydroxylation is 1. The molecule has 5 nitrogen and oxygen atoms in total. The van der Waals surface area contributed by atoms with Gasteiger partial charge in [0.2, 0.25) is 5.95 Å². The first kappa shape index (κ1) is 14.8. The van der Waals surface area contributed by atoms with Crippen LogP contribution in [-0.4, -0.2) is 41.3 Å². The van der Waals surface area contributed by atoms with Crippen LogP contribution < -0.4 is 9.80 Å². The molecule has 1 aromatic heterocycles. The molecular formula is C17H22N4O. The Morgan fingerprint density at radius 2 is 2.00 bits per heavy atom. The minimum Gasteiger partial charge on any atom is -0.391 e. The van der Waals surface area contributed by atoms with Crippen molar-refractivity contribution in [2.45, 2.75) is 25.9 Å². The van der Waals surface area contributed by atoms with E-state index in [0.717, 1.165) is 36.6 Å². The molecule has 0 saturated carbocycles.